The molecule has 1 saturated carbocycles. The molecule has 3 heterocycles. The number of piperidine rings is 1. The number of amides is 1. The summed E-state index contributed by atoms with van der Waals surface area (Å²) in [6.45, 7) is 3.67. The lowest BCUT2D eigenvalue weighted by Gasteiger charge is -2.32. The highest BCUT2D eigenvalue weighted by Gasteiger charge is 2.30. The first-order valence-electron chi connectivity index (χ1n) is 11.3. The van der Waals surface area contributed by atoms with Crippen LogP contribution in [0.3, 0.4) is 0 Å². The van der Waals surface area contributed by atoms with Crippen LogP contribution in [0.2, 0.25) is 0 Å². The van der Waals surface area contributed by atoms with Gasteiger partial charge in [0.1, 0.15) is 0 Å². The molecule has 1 amide bonds. The SMILES string of the molecule is Cc1nn(C)c2nc(C3CC3)cc(C(=O)N3CCC(CCc4ccccc4)CC3)c12. The number of benzene rings is 1. The van der Waals surface area contributed by atoms with Crippen LogP contribution in [-0.4, -0.2) is 38.7 Å². The van der Waals surface area contributed by atoms with Crippen molar-refractivity contribution >= 4 is 16.9 Å². The Morgan fingerprint density at radius 1 is 1.10 bits per heavy atom. The Kier molecular flexibility index (Phi) is 5.05. The first-order chi connectivity index (χ1) is 14.6. The van der Waals surface area contributed by atoms with Crippen molar-refractivity contribution in [1.29, 1.82) is 0 Å². The molecule has 156 valence electrons. The standard InChI is InChI=1S/C25H30N4O/c1-17-23-21(16-22(20-10-11-20)26-24(23)28(2)27-17)25(30)29-14-12-19(13-15-29)9-8-18-6-4-3-5-7-18/h3-7,16,19-20H,8-15H2,1-2H3. The Morgan fingerprint density at radius 3 is 2.53 bits per heavy atom. The molecule has 5 heteroatoms. The van der Waals surface area contributed by atoms with E-state index in [1.165, 1.54) is 24.8 Å². The van der Waals surface area contributed by atoms with Crippen LogP contribution in [0.15, 0.2) is 36.4 Å². The maximum absolute atomic E-state index is 13.5. The summed E-state index contributed by atoms with van der Waals surface area (Å²) in [6.07, 6.45) is 6.87. The van der Waals surface area contributed by atoms with E-state index in [0.29, 0.717) is 11.8 Å². The zero-order valence-corrected chi connectivity index (χ0v) is 18.0. The van der Waals surface area contributed by atoms with E-state index in [4.69, 9.17) is 4.98 Å². The number of nitrogens with zero attached hydrogens (tertiary/aromatic N) is 4. The first-order valence-corrected chi connectivity index (χ1v) is 11.3. The minimum Gasteiger partial charge on any atom is -0.339 e. The quantitative estimate of drug-likeness (QED) is 0.625. The molecule has 1 aliphatic heterocycles. The number of carbonyl (C=O) groups excluding carboxylic acids is 1. The summed E-state index contributed by atoms with van der Waals surface area (Å²) in [5, 5.41) is 5.48. The Morgan fingerprint density at radius 2 is 1.83 bits per heavy atom. The number of aryl methyl sites for hydroxylation is 3. The fourth-order valence-electron chi connectivity index (χ4n) is 4.83. The first kappa shape index (κ1) is 19.3. The second-order valence-electron chi connectivity index (χ2n) is 9.04. The normalized spacial score (nSPS) is 17.6. The van der Waals surface area contributed by atoms with Gasteiger partial charge in [0.25, 0.3) is 5.91 Å². The van der Waals surface area contributed by atoms with Gasteiger partial charge < -0.3 is 4.90 Å². The predicted octanol–water partition coefficient (Wildman–Crippen LogP) is 4.64. The van der Waals surface area contributed by atoms with Crippen LogP contribution in [0.25, 0.3) is 11.0 Å². The number of hydrogen-bond donors (Lipinski definition) is 0. The van der Waals surface area contributed by atoms with Gasteiger partial charge in [0.15, 0.2) is 5.65 Å². The molecule has 1 saturated heterocycles. The highest BCUT2D eigenvalue weighted by molar-refractivity contribution is 6.06. The maximum atomic E-state index is 13.5. The van der Waals surface area contributed by atoms with Gasteiger partial charge in [0.2, 0.25) is 0 Å². The van der Waals surface area contributed by atoms with E-state index >= 15 is 0 Å². The van der Waals surface area contributed by atoms with Gasteiger partial charge in [-0.3, -0.25) is 9.48 Å². The van der Waals surface area contributed by atoms with E-state index < -0.39 is 0 Å². The predicted molar refractivity (Wildman–Crippen MR) is 119 cm³/mol. The summed E-state index contributed by atoms with van der Waals surface area (Å²) in [7, 11) is 1.92. The third kappa shape index (κ3) is 3.73. The summed E-state index contributed by atoms with van der Waals surface area (Å²) < 4.78 is 1.82. The lowest BCUT2D eigenvalue weighted by Crippen LogP contribution is -2.38. The summed E-state index contributed by atoms with van der Waals surface area (Å²) >= 11 is 0. The fourth-order valence-corrected chi connectivity index (χ4v) is 4.83. The molecule has 1 aromatic carbocycles. The average molecular weight is 403 g/mol. The molecule has 0 unspecified atom stereocenters. The minimum absolute atomic E-state index is 0.155. The van der Waals surface area contributed by atoms with Gasteiger partial charge >= 0.3 is 0 Å². The van der Waals surface area contributed by atoms with E-state index in [0.717, 1.165) is 60.3 Å². The molecule has 0 spiro atoms. The van der Waals surface area contributed by atoms with E-state index in [1.807, 2.05) is 18.7 Å². The zero-order chi connectivity index (χ0) is 20.7. The third-order valence-electron chi connectivity index (χ3n) is 6.80. The molecule has 2 aromatic heterocycles. The molecular weight excluding hydrogens is 372 g/mol. The number of hydrogen-bond acceptors (Lipinski definition) is 3. The fraction of sp³-hybridized carbons (Fsp3) is 0.480. The van der Waals surface area contributed by atoms with Crippen molar-refractivity contribution in [3.63, 3.8) is 0 Å². The van der Waals surface area contributed by atoms with Crippen LogP contribution in [-0.2, 0) is 13.5 Å². The number of carbonyl (C=O) groups is 1. The Bertz CT molecular complexity index is 1060. The summed E-state index contributed by atoms with van der Waals surface area (Å²) in [5.41, 5.74) is 5.01. The largest absolute Gasteiger partial charge is 0.339 e. The van der Waals surface area contributed by atoms with Crippen LogP contribution in [0.4, 0.5) is 0 Å². The van der Waals surface area contributed by atoms with Gasteiger partial charge in [0, 0.05) is 31.7 Å². The van der Waals surface area contributed by atoms with Crippen LogP contribution in [0.5, 0.6) is 0 Å². The molecule has 0 radical (unpaired) electrons. The van der Waals surface area contributed by atoms with Gasteiger partial charge in [-0.05, 0) is 63.0 Å². The second-order valence-corrected chi connectivity index (χ2v) is 9.04. The summed E-state index contributed by atoms with van der Waals surface area (Å²) in [6, 6.07) is 12.8. The molecule has 1 aliphatic carbocycles. The topological polar surface area (TPSA) is 51.0 Å². The average Bonchev–Trinajstić information content (AvgIpc) is 3.58. The number of likely N-dealkylation sites (tertiary alicyclic amines) is 1. The Hall–Kier alpha value is -2.69. The van der Waals surface area contributed by atoms with Crippen molar-refractivity contribution < 1.29 is 4.79 Å². The monoisotopic (exact) mass is 402 g/mol. The van der Waals surface area contributed by atoms with Gasteiger partial charge in [-0.15, -0.1) is 0 Å². The highest BCUT2D eigenvalue weighted by atomic mass is 16.2. The molecular formula is C25H30N4O. The zero-order valence-electron chi connectivity index (χ0n) is 18.0. The highest BCUT2D eigenvalue weighted by Crippen LogP contribution is 2.40. The van der Waals surface area contributed by atoms with Gasteiger partial charge in [-0.25, -0.2) is 4.98 Å². The van der Waals surface area contributed by atoms with Crippen molar-refractivity contribution in [1.82, 2.24) is 19.7 Å². The van der Waals surface area contributed by atoms with Crippen molar-refractivity contribution in [2.24, 2.45) is 13.0 Å². The molecule has 5 nitrogen and oxygen atoms in total. The van der Waals surface area contributed by atoms with Gasteiger partial charge in [-0.2, -0.15) is 5.10 Å². The number of rotatable bonds is 5. The third-order valence-corrected chi connectivity index (χ3v) is 6.80. The van der Waals surface area contributed by atoms with Crippen molar-refractivity contribution in [2.45, 2.75) is 51.4 Å². The molecule has 5 rings (SSSR count). The van der Waals surface area contributed by atoms with E-state index in [1.54, 1.807) is 0 Å². The Balaban J connectivity index is 1.30. The van der Waals surface area contributed by atoms with Crippen LogP contribution in [0, 0.1) is 12.8 Å². The molecule has 2 fully saturated rings. The molecule has 30 heavy (non-hydrogen) atoms. The van der Waals surface area contributed by atoms with Gasteiger partial charge in [-0.1, -0.05) is 30.3 Å². The van der Waals surface area contributed by atoms with Crippen LogP contribution in [0.1, 0.15) is 65.3 Å². The van der Waals surface area contributed by atoms with E-state index in [-0.39, 0.29) is 5.91 Å². The van der Waals surface area contributed by atoms with Crippen molar-refractivity contribution in [3.05, 3.63) is 58.9 Å². The maximum Gasteiger partial charge on any atom is 0.254 e. The summed E-state index contributed by atoms with van der Waals surface area (Å²) in [5.74, 6) is 1.37. The number of pyridine rings is 1. The molecule has 3 aromatic rings. The van der Waals surface area contributed by atoms with E-state index in [9.17, 15) is 4.79 Å². The lowest BCUT2D eigenvalue weighted by molar-refractivity contribution is 0.0688. The van der Waals surface area contributed by atoms with Crippen LogP contribution < -0.4 is 0 Å². The Labute approximate surface area is 178 Å². The molecule has 0 atom stereocenters. The minimum atomic E-state index is 0.155. The number of aromatic nitrogens is 3. The van der Waals surface area contributed by atoms with Crippen LogP contribution >= 0.6 is 0 Å². The second kappa shape index (κ2) is 7.86. The van der Waals surface area contributed by atoms with Gasteiger partial charge in [0.05, 0.1) is 16.6 Å². The molecule has 0 bridgehead atoms. The molecule has 2 aliphatic rings. The van der Waals surface area contributed by atoms with Crippen molar-refractivity contribution in [3.8, 4) is 0 Å². The van der Waals surface area contributed by atoms with Crippen molar-refractivity contribution in [2.75, 3.05) is 13.1 Å². The lowest BCUT2D eigenvalue weighted by atomic mass is 9.90. The smallest absolute Gasteiger partial charge is 0.254 e. The molecule has 0 N–H and O–H groups in total. The van der Waals surface area contributed by atoms with E-state index in [2.05, 4.69) is 46.4 Å². The summed E-state index contributed by atoms with van der Waals surface area (Å²) in [4.78, 5) is 20.4. The number of fused-ring (bicyclic) bond motifs is 1.